The molecule has 0 aliphatic carbocycles. The number of fused-ring (bicyclic) bond motifs is 3. The molecule has 3 saturated heterocycles. The molecule has 3 aliphatic heterocycles. The molecule has 3 fully saturated rings. The summed E-state index contributed by atoms with van der Waals surface area (Å²) in [5, 5.41) is 0. The number of methoxy groups -OCH3 is 1. The number of likely N-dealkylation sites (N-methyl/N-ethyl adjacent to an activating group) is 2. The minimum Gasteiger partial charge on any atom is -0.497 e. The first-order valence-corrected chi connectivity index (χ1v) is 12.0. The number of hydrogen-bond acceptors (Lipinski definition) is 6. The van der Waals surface area contributed by atoms with Gasteiger partial charge in [-0.1, -0.05) is 0 Å². The third-order valence-electron chi connectivity index (χ3n) is 6.37. The van der Waals surface area contributed by atoms with Gasteiger partial charge in [-0.3, -0.25) is 4.90 Å². The second-order valence-electron chi connectivity index (χ2n) is 8.79. The van der Waals surface area contributed by atoms with Crippen molar-refractivity contribution in [1.29, 1.82) is 0 Å². The maximum atomic E-state index is 12.6. The van der Waals surface area contributed by atoms with Gasteiger partial charge in [0.2, 0.25) is 10.0 Å². The molecule has 29 heavy (non-hydrogen) atoms. The van der Waals surface area contributed by atoms with Crippen molar-refractivity contribution in [2.45, 2.75) is 23.8 Å². The third-order valence-corrected chi connectivity index (χ3v) is 7.81. The summed E-state index contributed by atoms with van der Waals surface area (Å²) < 4.78 is 33.2. The number of ether oxygens (including phenoxy) is 1. The van der Waals surface area contributed by atoms with Crippen LogP contribution in [0.1, 0.15) is 12.8 Å². The van der Waals surface area contributed by atoms with Crippen LogP contribution in [0, 0.1) is 11.8 Å². The summed E-state index contributed by atoms with van der Waals surface area (Å²) in [5.41, 5.74) is 0. The van der Waals surface area contributed by atoms with Crippen molar-refractivity contribution in [2.24, 2.45) is 11.8 Å². The maximum Gasteiger partial charge on any atom is 0.240 e. The van der Waals surface area contributed by atoms with Crippen LogP contribution in [0.4, 0.5) is 0 Å². The van der Waals surface area contributed by atoms with Crippen molar-refractivity contribution < 1.29 is 13.2 Å². The summed E-state index contributed by atoms with van der Waals surface area (Å²) in [7, 11) is 4.51. The normalized spacial score (nSPS) is 27.0. The summed E-state index contributed by atoms with van der Waals surface area (Å²) in [6.07, 6.45) is 2.31. The predicted molar refractivity (Wildman–Crippen MR) is 116 cm³/mol. The van der Waals surface area contributed by atoms with Gasteiger partial charge in [-0.05, 0) is 76.6 Å². The molecule has 1 aromatic rings. The van der Waals surface area contributed by atoms with Crippen LogP contribution in [-0.2, 0) is 10.0 Å². The Balaban J connectivity index is 1.51. The fourth-order valence-corrected chi connectivity index (χ4v) is 5.65. The molecule has 0 spiro atoms. The van der Waals surface area contributed by atoms with Gasteiger partial charge < -0.3 is 14.5 Å². The zero-order valence-corrected chi connectivity index (χ0v) is 19.0. The van der Waals surface area contributed by atoms with Gasteiger partial charge in [0, 0.05) is 38.8 Å². The number of nitrogens with zero attached hydrogens (tertiary/aromatic N) is 3. The molecule has 0 aromatic heterocycles. The van der Waals surface area contributed by atoms with E-state index in [0.29, 0.717) is 30.2 Å². The lowest BCUT2D eigenvalue weighted by Gasteiger charge is -2.50. The Bertz CT molecular complexity index is 754. The lowest BCUT2D eigenvalue weighted by molar-refractivity contribution is -0.00782. The summed E-state index contributed by atoms with van der Waals surface area (Å²) in [6.45, 7) is 5.92. The Morgan fingerprint density at radius 3 is 2.48 bits per heavy atom. The quantitative estimate of drug-likeness (QED) is 0.609. The molecule has 7 nitrogen and oxygen atoms in total. The van der Waals surface area contributed by atoms with E-state index in [1.165, 1.54) is 6.42 Å². The fourth-order valence-electron chi connectivity index (χ4n) is 4.58. The molecule has 4 rings (SSSR count). The van der Waals surface area contributed by atoms with Crippen molar-refractivity contribution in [3.63, 3.8) is 0 Å². The van der Waals surface area contributed by atoms with Gasteiger partial charge in [0.1, 0.15) is 5.75 Å². The molecule has 0 radical (unpaired) electrons. The largest absolute Gasteiger partial charge is 0.497 e. The van der Waals surface area contributed by atoms with E-state index in [9.17, 15) is 8.42 Å². The van der Waals surface area contributed by atoms with E-state index in [4.69, 9.17) is 4.74 Å². The van der Waals surface area contributed by atoms with Crippen molar-refractivity contribution in [3.05, 3.63) is 24.3 Å². The first-order valence-electron chi connectivity index (χ1n) is 10.5. The maximum absolute atomic E-state index is 12.6. The lowest BCUT2D eigenvalue weighted by Crippen LogP contribution is -2.58. The highest BCUT2D eigenvalue weighted by molar-refractivity contribution is 7.89. The van der Waals surface area contributed by atoms with Crippen LogP contribution in [0.3, 0.4) is 0 Å². The number of nitrogens with one attached hydrogen (secondary N) is 1. The van der Waals surface area contributed by atoms with Gasteiger partial charge in [-0.25, -0.2) is 13.1 Å². The number of rotatable bonds is 10. The second-order valence-corrected chi connectivity index (χ2v) is 10.6. The van der Waals surface area contributed by atoms with Crippen molar-refractivity contribution in [2.75, 3.05) is 67.5 Å². The Kier molecular flexibility index (Phi) is 7.56. The molecule has 0 amide bonds. The molecule has 4 atom stereocenters. The van der Waals surface area contributed by atoms with Crippen LogP contribution in [0.25, 0.3) is 0 Å². The van der Waals surface area contributed by atoms with Crippen molar-refractivity contribution >= 4 is 10.0 Å². The molecular formula is C21H36N4O3S. The van der Waals surface area contributed by atoms with Crippen LogP contribution >= 0.6 is 0 Å². The van der Waals surface area contributed by atoms with Gasteiger partial charge in [-0.15, -0.1) is 0 Å². The van der Waals surface area contributed by atoms with Gasteiger partial charge >= 0.3 is 0 Å². The van der Waals surface area contributed by atoms with Crippen molar-refractivity contribution in [3.8, 4) is 5.75 Å². The topological polar surface area (TPSA) is 65.1 Å². The highest BCUT2D eigenvalue weighted by atomic mass is 32.2. The number of piperidine rings is 3. The molecule has 3 aliphatic rings. The van der Waals surface area contributed by atoms with Crippen LogP contribution < -0.4 is 9.46 Å². The monoisotopic (exact) mass is 424 g/mol. The highest BCUT2D eigenvalue weighted by Crippen LogP contribution is 2.36. The van der Waals surface area contributed by atoms with E-state index in [1.54, 1.807) is 31.4 Å². The molecule has 1 N–H and O–H groups in total. The first-order chi connectivity index (χ1) is 13.8. The zero-order chi connectivity index (χ0) is 21.0. The summed E-state index contributed by atoms with van der Waals surface area (Å²) in [6, 6.07) is 6.84. The second kappa shape index (κ2) is 9.75. The number of benzene rings is 1. The fraction of sp³-hybridized carbons (Fsp3) is 0.714. The standard InChI is InChI=1S/C21H36N4O3S/c1-23(2)11-12-24(3)15-18-16-25-10-9-17(18)13-19(25)14-22-29(26,27)21-7-5-20(28-4)6-8-21/h5-8,17-19,22H,9-16H2,1-4H3. The third kappa shape index (κ3) is 5.92. The van der Waals surface area contributed by atoms with E-state index in [-0.39, 0.29) is 4.90 Å². The van der Waals surface area contributed by atoms with Gasteiger partial charge in [0.25, 0.3) is 0 Å². The molecule has 8 heteroatoms. The molecular weight excluding hydrogens is 388 g/mol. The average molecular weight is 425 g/mol. The Morgan fingerprint density at radius 1 is 1.17 bits per heavy atom. The summed E-state index contributed by atoms with van der Waals surface area (Å²) in [4.78, 5) is 7.43. The first kappa shape index (κ1) is 22.5. The van der Waals surface area contributed by atoms with Gasteiger partial charge in [-0.2, -0.15) is 0 Å². The lowest BCUT2D eigenvalue weighted by atomic mass is 9.75. The van der Waals surface area contributed by atoms with Crippen molar-refractivity contribution in [1.82, 2.24) is 19.4 Å². The average Bonchev–Trinajstić information content (AvgIpc) is 2.71. The van der Waals surface area contributed by atoms with Crippen LogP contribution in [-0.4, -0.2) is 96.7 Å². The number of sulfonamides is 1. The minimum absolute atomic E-state index is 0.287. The Hall–Kier alpha value is -1.19. The van der Waals surface area contributed by atoms with Gasteiger partial charge in [0.15, 0.2) is 0 Å². The van der Waals surface area contributed by atoms with Crippen LogP contribution in [0.5, 0.6) is 5.75 Å². The van der Waals surface area contributed by atoms with E-state index in [2.05, 4.69) is 40.6 Å². The molecule has 3 heterocycles. The van der Waals surface area contributed by atoms with E-state index in [0.717, 1.165) is 39.1 Å². The number of hydrogen-bond donors (Lipinski definition) is 1. The molecule has 1 aromatic carbocycles. The summed E-state index contributed by atoms with van der Waals surface area (Å²) in [5.74, 6) is 2.03. The zero-order valence-electron chi connectivity index (χ0n) is 18.2. The van der Waals surface area contributed by atoms with E-state index < -0.39 is 10.0 Å². The van der Waals surface area contributed by atoms with Crippen LogP contribution in [0.15, 0.2) is 29.2 Å². The molecule has 4 unspecified atom stereocenters. The molecule has 0 saturated carbocycles. The molecule has 164 valence electrons. The van der Waals surface area contributed by atoms with Crippen LogP contribution in [0.2, 0.25) is 0 Å². The van der Waals surface area contributed by atoms with Gasteiger partial charge in [0.05, 0.1) is 12.0 Å². The SMILES string of the molecule is COc1ccc(S(=O)(=O)NCC2CC3CCN2CC3CN(C)CCN(C)C)cc1. The Labute approximate surface area is 176 Å². The summed E-state index contributed by atoms with van der Waals surface area (Å²) >= 11 is 0. The van der Waals surface area contributed by atoms with E-state index >= 15 is 0 Å². The smallest absolute Gasteiger partial charge is 0.240 e. The Morgan fingerprint density at radius 2 is 1.90 bits per heavy atom. The highest BCUT2D eigenvalue weighted by Gasteiger charge is 2.40. The molecule has 2 bridgehead atoms. The predicted octanol–water partition coefficient (Wildman–Crippen LogP) is 1.18. The van der Waals surface area contributed by atoms with E-state index in [1.807, 2.05) is 0 Å². The minimum atomic E-state index is -3.49.